The molecule has 6 heteroatoms. The maximum absolute atomic E-state index is 12.6. The summed E-state index contributed by atoms with van der Waals surface area (Å²) in [6, 6.07) is 5.22. The zero-order valence-electron chi connectivity index (χ0n) is 12.3. The molecule has 0 radical (unpaired) electrons. The van der Waals surface area contributed by atoms with Gasteiger partial charge in [-0.15, -0.1) is 0 Å². The summed E-state index contributed by atoms with van der Waals surface area (Å²) >= 11 is 0. The van der Waals surface area contributed by atoms with Crippen molar-refractivity contribution in [3.05, 3.63) is 46.4 Å². The van der Waals surface area contributed by atoms with Crippen LogP contribution in [0.3, 0.4) is 0 Å². The minimum absolute atomic E-state index is 0.00784. The maximum atomic E-state index is 12.6. The molecular weight excluding hydrogens is 282 g/mol. The van der Waals surface area contributed by atoms with E-state index in [0.717, 1.165) is 5.39 Å². The Labute approximate surface area is 126 Å². The number of rotatable bonds is 2. The molecule has 0 saturated heterocycles. The second-order valence-corrected chi connectivity index (χ2v) is 4.96. The summed E-state index contributed by atoms with van der Waals surface area (Å²) in [5.74, 6) is -0.635. The molecule has 3 aromatic rings. The van der Waals surface area contributed by atoms with Crippen molar-refractivity contribution < 1.29 is 9.53 Å². The highest BCUT2D eigenvalue weighted by Gasteiger charge is 2.18. The lowest BCUT2D eigenvalue weighted by atomic mass is 10.1. The summed E-state index contributed by atoms with van der Waals surface area (Å²) in [6.07, 6.45) is 3.12. The number of hydrogen-bond donors (Lipinski definition) is 1. The second-order valence-electron chi connectivity index (χ2n) is 4.96. The lowest BCUT2D eigenvalue weighted by Crippen LogP contribution is -2.20. The number of nitrogens with two attached hydrogens (primary N) is 1. The lowest BCUT2D eigenvalue weighted by molar-refractivity contribution is 0.0524. The first-order chi connectivity index (χ1) is 10.5. The van der Waals surface area contributed by atoms with E-state index in [2.05, 4.69) is 4.98 Å². The zero-order valence-corrected chi connectivity index (χ0v) is 12.3. The average Bonchev–Trinajstić information content (AvgIpc) is 2.51. The fourth-order valence-electron chi connectivity index (χ4n) is 2.60. The van der Waals surface area contributed by atoms with Crippen molar-refractivity contribution in [2.75, 3.05) is 12.3 Å². The molecule has 22 heavy (non-hydrogen) atoms. The fourth-order valence-corrected chi connectivity index (χ4v) is 2.60. The third kappa shape index (κ3) is 2.00. The van der Waals surface area contributed by atoms with Crippen LogP contribution in [-0.2, 0) is 11.8 Å². The number of benzene rings is 1. The number of pyridine rings is 2. The van der Waals surface area contributed by atoms with Crippen molar-refractivity contribution in [1.82, 2.24) is 9.55 Å². The summed E-state index contributed by atoms with van der Waals surface area (Å²) in [5.41, 5.74) is 7.34. The van der Waals surface area contributed by atoms with Gasteiger partial charge in [0.05, 0.1) is 23.0 Å². The van der Waals surface area contributed by atoms with Crippen molar-refractivity contribution in [3.8, 4) is 0 Å². The van der Waals surface area contributed by atoms with Gasteiger partial charge >= 0.3 is 5.97 Å². The van der Waals surface area contributed by atoms with Crippen LogP contribution in [0.25, 0.3) is 21.8 Å². The monoisotopic (exact) mass is 297 g/mol. The number of aromatic nitrogens is 2. The molecule has 6 nitrogen and oxygen atoms in total. The van der Waals surface area contributed by atoms with E-state index in [1.165, 1.54) is 6.20 Å². The normalized spacial score (nSPS) is 11.0. The summed E-state index contributed by atoms with van der Waals surface area (Å²) in [7, 11) is 1.76. The summed E-state index contributed by atoms with van der Waals surface area (Å²) in [5, 5.41) is 1.13. The molecule has 2 N–H and O–H groups in total. The smallest absolute Gasteiger partial charge is 0.343 e. The summed E-state index contributed by atoms with van der Waals surface area (Å²) < 4.78 is 6.64. The Kier molecular flexibility index (Phi) is 3.29. The van der Waals surface area contributed by atoms with Gasteiger partial charge in [-0.3, -0.25) is 9.78 Å². The molecule has 0 amide bonds. The van der Waals surface area contributed by atoms with Gasteiger partial charge in [0.15, 0.2) is 0 Å². The Balaban J connectivity index is 2.46. The van der Waals surface area contributed by atoms with Crippen LogP contribution in [-0.4, -0.2) is 22.1 Å². The van der Waals surface area contributed by atoms with Crippen molar-refractivity contribution in [2.45, 2.75) is 6.92 Å². The highest BCUT2D eigenvalue weighted by atomic mass is 16.5. The van der Waals surface area contributed by atoms with Gasteiger partial charge in [0.1, 0.15) is 5.56 Å². The Bertz CT molecular complexity index is 960. The second kappa shape index (κ2) is 5.14. The minimum Gasteiger partial charge on any atom is -0.462 e. The fraction of sp³-hybridized carbons (Fsp3) is 0.188. The van der Waals surface area contributed by atoms with Crippen molar-refractivity contribution >= 4 is 33.5 Å². The molecule has 0 aliphatic heterocycles. The van der Waals surface area contributed by atoms with Crippen LogP contribution in [0, 0.1) is 0 Å². The highest BCUT2D eigenvalue weighted by Crippen LogP contribution is 2.27. The number of nitrogens with zero attached hydrogens (tertiary/aromatic N) is 2. The molecule has 1 aromatic carbocycles. The van der Waals surface area contributed by atoms with Gasteiger partial charge in [-0.1, -0.05) is 0 Å². The topological polar surface area (TPSA) is 87.2 Å². The number of carbonyl (C=O) groups is 1. The Morgan fingerprint density at radius 3 is 2.91 bits per heavy atom. The van der Waals surface area contributed by atoms with Gasteiger partial charge in [-0.25, -0.2) is 4.79 Å². The maximum Gasteiger partial charge on any atom is 0.343 e. The largest absolute Gasteiger partial charge is 0.462 e. The molecule has 0 aliphatic carbocycles. The van der Waals surface area contributed by atoms with Gasteiger partial charge in [-0.05, 0) is 25.1 Å². The first kappa shape index (κ1) is 14.1. The number of fused-ring (bicyclic) bond motifs is 3. The molecule has 0 unspecified atom stereocenters. The molecule has 3 rings (SSSR count). The van der Waals surface area contributed by atoms with E-state index in [1.54, 1.807) is 36.9 Å². The molecule has 0 bridgehead atoms. The number of esters is 1. The Hall–Kier alpha value is -2.89. The number of nitrogen functional groups attached to an aromatic ring is 1. The van der Waals surface area contributed by atoms with Crippen molar-refractivity contribution in [1.29, 1.82) is 0 Å². The number of ether oxygens (including phenoxy) is 1. The van der Waals surface area contributed by atoms with E-state index in [4.69, 9.17) is 10.5 Å². The first-order valence-electron chi connectivity index (χ1n) is 6.88. The summed E-state index contributed by atoms with van der Waals surface area (Å²) in [4.78, 5) is 28.8. The molecule has 0 fully saturated rings. The average molecular weight is 297 g/mol. The van der Waals surface area contributed by atoms with Crippen LogP contribution in [0.15, 0.2) is 35.4 Å². The van der Waals surface area contributed by atoms with Crippen LogP contribution in [0.2, 0.25) is 0 Å². The van der Waals surface area contributed by atoms with Crippen molar-refractivity contribution in [2.24, 2.45) is 7.05 Å². The molecule has 0 atom stereocenters. The van der Waals surface area contributed by atoms with Gasteiger partial charge < -0.3 is 15.0 Å². The number of carbonyl (C=O) groups excluding carboxylic acids is 1. The standard InChI is InChI=1S/C16H15N3O3/c1-3-22-16(21)11-8-19(2)14-10(15(11)20)7-12(17)9-5-4-6-18-13(9)14/h4-8H,3,17H2,1-2H3. The first-order valence-corrected chi connectivity index (χ1v) is 6.88. The molecule has 0 spiro atoms. The molecule has 112 valence electrons. The van der Waals surface area contributed by atoms with Gasteiger partial charge in [0, 0.05) is 30.5 Å². The van der Waals surface area contributed by atoms with E-state index >= 15 is 0 Å². The predicted molar refractivity (Wildman–Crippen MR) is 84.9 cm³/mol. The van der Waals surface area contributed by atoms with Gasteiger partial charge in [0.2, 0.25) is 5.43 Å². The molecule has 0 saturated carbocycles. The third-order valence-electron chi connectivity index (χ3n) is 3.56. The zero-order chi connectivity index (χ0) is 15.9. The van der Waals surface area contributed by atoms with Crippen LogP contribution in [0.1, 0.15) is 17.3 Å². The van der Waals surface area contributed by atoms with E-state index in [0.29, 0.717) is 22.1 Å². The lowest BCUT2D eigenvalue weighted by Gasteiger charge is -2.12. The van der Waals surface area contributed by atoms with E-state index in [-0.39, 0.29) is 12.2 Å². The number of hydrogen-bond acceptors (Lipinski definition) is 5. The third-order valence-corrected chi connectivity index (χ3v) is 3.56. The molecule has 2 heterocycles. The van der Waals surface area contributed by atoms with Crippen LogP contribution >= 0.6 is 0 Å². The van der Waals surface area contributed by atoms with E-state index < -0.39 is 11.4 Å². The predicted octanol–water partition coefficient (Wildman–Crippen LogP) is 1.85. The molecular formula is C16H15N3O3. The Morgan fingerprint density at radius 2 is 2.18 bits per heavy atom. The number of anilines is 1. The van der Waals surface area contributed by atoms with Crippen LogP contribution < -0.4 is 11.2 Å². The van der Waals surface area contributed by atoms with E-state index in [1.807, 2.05) is 6.07 Å². The molecule has 2 aromatic heterocycles. The van der Waals surface area contributed by atoms with Gasteiger partial charge in [0.25, 0.3) is 0 Å². The quantitative estimate of drug-likeness (QED) is 0.443. The van der Waals surface area contributed by atoms with Crippen LogP contribution in [0.4, 0.5) is 5.69 Å². The van der Waals surface area contributed by atoms with Gasteiger partial charge in [-0.2, -0.15) is 0 Å². The van der Waals surface area contributed by atoms with E-state index in [9.17, 15) is 9.59 Å². The highest BCUT2D eigenvalue weighted by molar-refractivity contribution is 6.09. The SMILES string of the molecule is CCOC(=O)c1cn(C)c2c(cc(N)c3cccnc32)c1=O. The molecule has 0 aliphatic rings. The number of aryl methyl sites for hydroxylation is 1. The minimum atomic E-state index is -0.635. The van der Waals surface area contributed by atoms with Crippen molar-refractivity contribution in [3.63, 3.8) is 0 Å². The van der Waals surface area contributed by atoms with Crippen LogP contribution in [0.5, 0.6) is 0 Å². The summed E-state index contributed by atoms with van der Waals surface area (Å²) in [6.45, 7) is 1.90. The Morgan fingerprint density at radius 1 is 1.41 bits per heavy atom.